The third kappa shape index (κ3) is 4.26. The van der Waals surface area contributed by atoms with Gasteiger partial charge in [0, 0.05) is 36.2 Å². The van der Waals surface area contributed by atoms with Crippen LogP contribution in [-0.2, 0) is 10.2 Å². The Morgan fingerprint density at radius 1 is 1.28 bits per heavy atom. The number of alkyl halides is 3. The average molecular weight is 404 g/mol. The number of primary amides is 1. The highest BCUT2D eigenvalue weighted by molar-refractivity contribution is 5.86. The van der Waals surface area contributed by atoms with E-state index in [1.807, 2.05) is 36.9 Å². The number of nitrogens with zero attached hydrogens (tertiary/aromatic N) is 1. The lowest BCUT2D eigenvalue weighted by Gasteiger charge is -2.52. The lowest BCUT2D eigenvalue weighted by Crippen LogP contribution is -2.58. The predicted octanol–water partition coefficient (Wildman–Crippen LogP) is 4.72. The number of carbonyl (C=O) groups excluding carboxylic acids is 1. The minimum Gasteiger partial charge on any atom is -0.372 e. The van der Waals surface area contributed by atoms with Crippen molar-refractivity contribution >= 4 is 5.91 Å². The topological polar surface area (TPSA) is 46.3 Å². The number of hydrogen-bond acceptors (Lipinski definition) is 2. The van der Waals surface area contributed by atoms with E-state index >= 15 is 0 Å². The maximum atomic E-state index is 13.5. The second-order valence-electron chi connectivity index (χ2n) is 8.26. The molecular formula is C23H27F3N2O. The zero-order valence-electron chi connectivity index (χ0n) is 17.0. The summed E-state index contributed by atoms with van der Waals surface area (Å²) in [5.41, 5.74) is 7.13. The van der Waals surface area contributed by atoms with E-state index in [0.29, 0.717) is 25.2 Å². The second-order valence-corrected chi connectivity index (χ2v) is 8.26. The fourth-order valence-electron chi connectivity index (χ4n) is 4.44. The number of likely N-dealkylation sites (tertiary alicyclic amines) is 1. The SMILES string of the molecule is CCC1=CC(C(F)(F)F)=CC(/C(=C\C(N)=O)N2CC(C)(c3ccccc3)C2)C1C. The molecule has 1 aliphatic heterocycles. The molecule has 1 aromatic rings. The number of rotatable bonds is 5. The zero-order valence-corrected chi connectivity index (χ0v) is 17.0. The van der Waals surface area contributed by atoms with Gasteiger partial charge in [0.2, 0.25) is 5.91 Å². The predicted molar refractivity (Wildman–Crippen MR) is 108 cm³/mol. The monoisotopic (exact) mass is 404 g/mol. The molecule has 1 amide bonds. The van der Waals surface area contributed by atoms with Crippen LogP contribution in [-0.4, -0.2) is 30.1 Å². The summed E-state index contributed by atoms with van der Waals surface area (Å²) in [6.07, 6.45) is -0.111. The van der Waals surface area contributed by atoms with Gasteiger partial charge in [-0.2, -0.15) is 13.2 Å². The van der Waals surface area contributed by atoms with Crippen LogP contribution in [0.4, 0.5) is 13.2 Å². The van der Waals surface area contributed by atoms with E-state index in [4.69, 9.17) is 5.73 Å². The molecule has 6 heteroatoms. The smallest absolute Gasteiger partial charge is 0.372 e. The lowest BCUT2D eigenvalue weighted by atomic mass is 9.72. The van der Waals surface area contributed by atoms with Gasteiger partial charge in [0.15, 0.2) is 0 Å². The molecule has 1 aromatic carbocycles. The Hall–Kier alpha value is -2.50. The molecule has 1 fully saturated rings. The molecule has 0 saturated carbocycles. The van der Waals surface area contributed by atoms with Gasteiger partial charge in [-0.05, 0) is 17.9 Å². The third-order valence-electron chi connectivity index (χ3n) is 6.11. The third-order valence-corrected chi connectivity index (χ3v) is 6.11. The van der Waals surface area contributed by atoms with E-state index in [-0.39, 0.29) is 11.3 Å². The Morgan fingerprint density at radius 3 is 2.41 bits per heavy atom. The summed E-state index contributed by atoms with van der Waals surface area (Å²) in [5.74, 6) is -1.32. The molecule has 2 unspecified atom stereocenters. The molecule has 156 valence electrons. The molecular weight excluding hydrogens is 377 g/mol. The van der Waals surface area contributed by atoms with Crippen molar-refractivity contribution in [2.75, 3.05) is 13.1 Å². The quantitative estimate of drug-likeness (QED) is 0.722. The standard InChI is InChI=1S/C23H27F3N2O/c1-4-16-10-18(23(24,25)26)11-19(15(16)2)20(12-21(27)29)28-13-22(3,14-28)17-8-6-5-7-9-17/h5-12,15,19H,4,13-14H2,1-3H3,(H2,27,29)/b20-12+. The first-order chi connectivity index (χ1) is 13.5. The highest BCUT2D eigenvalue weighted by atomic mass is 19.4. The van der Waals surface area contributed by atoms with Gasteiger partial charge in [0.05, 0.1) is 5.57 Å². The molecule has 1 heterocycles. The molecule has 2 N–H and O–H groups in total. The van der Waals surface area contributed by atoms with Crippen molar-refractivity contribution in [3.8, 4) is 0 Å². The van der Waals surface area contributed by atoms with Crippen LogP contribution >= 0.6 is 0 Å². The molecule has 3 rings (SSSR count). The van der Waals surface area contributed by atoms with Crippen molar-refractivity contribution in [3.05, 3.63) is 71.0 Å². The highest BCUT2D eigenvalue weighted by Crippen LogP contribution is 2.44. The van der Waals surface area contributed by atoms with Crippen molar-refractivity contribution in [2.45, 2.75) is 38.8 Å². The minimum atomic E-state index is -4.43. The van der Waals surface area contributed by atoms with Gasteiger partial charge in [-0.25, -0.2) is 0 Å². The number of allylic oxidation sites excluding steroid dienone is 4. The molecule has 0 bridgehead atoms. The van der Waals surface area contributed by atoms with Crippen LogP contribution in [0.2, 0.25) is 0 Å². The van der Waals surface area contributed by atoms with E-state index < -0.39 is 23.6 Å². The van der Waals surface area contributed by atoms with E-state index in [9.17, 15) is 18.0 Å². The van der Waals surface area contributed by atoms with Crippen LogP contribution in [0.3, 0.4) is 0 Å². The van der Waals surface area contributed by atoms with E-state index in [1.165, 1.54) is 23.8 Å². The summed E-state index contributed by atoms with van der Waals surface area (Å²) in [6.45, 7) is 7.14. The maximum absolute atomic E-state index is 13.5. The molecule has 3 nitrogen and oxygen atoms in total. The molecule has 1 aliphatic carbocycles. The van der Waals surface area contributed by atoms with Crippen LogP contribution in [0.25, 0.3) is 0 Å². The number of carbonyl (C=O) groups is 1. The van der Waals surface area contributed by atoms with Crippen LogP contribution in [0.5, 0.6) is 0 Å². The number of nitrogens with two attached hydrogens (primary N) is 1. The molecule has 2 atom stereocenters. The zero-order chi connectivity index (χ0) is 21.4. The number of benzene rings is 1. The van der Waals surface area contributed by atoms with Gasteiger partial charge in [-0.1, -0.05) is 68.8 Å². The van der Waals surface area contributed by atoms with Gasteiger partial charge >= 0.3 is 6.18 Å². The second kappa shape index (κ2) is 7.73. The molecule has 0 radical (unpaired) electrons. The molecule has 29 heavy (non-hydrogen) atoms. The number of hydrogen-bond donors (Lipinski definition) is 1. The largest absolute Gasteiger partial charge is 0.416 e. The normalized spacial score (nSPS) is 24.5. The summed E-state index contributed by atoms with van der Waals surface area (Å²) < 4.78 is 40.4. The Morgan fingerprint density at radius 2 is 1.90 bits per heavy atom. The van der Waals surface area contributed by atoms with Crippen molar-refractivity contribution in [1.29, 1.82) is 0 Å². The minimum absolute atomic E-state index is 0.115. The summed E-state index contributed by atoms with van der Waals surface area (Å²) in [7, 11) is 0. The van der Waals surface area contributed by atoms with Crippen molar-refractivity contribution in [1.82, 2.24) is 4.90 Å². The van der Waals surface area contributed by atoms with Crippen molar-refractivity contribution in [3.63, 3.8) is 0 Å². The first-order valence-electron chi connectivity index (χ1n) is 9.86. The fraction of sp³-hybridized carbons (Fsp3) is 0.435. The number of halogens is 3. The Balaban J connectivity index is 1.93. The van der Waals surface area contributed by atoms with Gasteiger partial charge in [-0.3, -0.25) is 4.79 Å². The first-order valence-corrected chi connectivity index (χ1v) is 9.86. The van der Waals surface area contributed by atoms with Crippen LogP contribution in [0.15, 0.2) is 65.4 Å². The molecule has 0 aromatic heterocycles. The number of amides is 1. The van der Waals surface area contributed by atoms with Gasteiger partial charge in [0.25, 0.3) is 0 Å². The van der Waals surface area contributed by atoms with Crippen LogP contribution in [0, 0.1) is 11.8 Å². The molecule has 0 spiro atoms. The molecule has 1 saturated heterocycles. The first kappa shape index (κ1) is 21.2. The maximum Gasteiger partial charge on any atom is 0.416 e. The van der Waals surface area contributed by atoms with Crippen LogP contribution < -0.4 is 5.73 Å². The Bertz CT molecular complexity index is 862. The summed E-state index contributed by atoms with van der Waals surface area (Å²) in [4.78, 5) is 13.7. The summed E-state index contributed by atoms with van der Waals surface area (Å²) in [6, 6.07) is 10.0. The fourth-order valence-corrected chi connectivity index (χ4v) is 4.44. The lowest BCUT2D eigenvalue weighted by molar-refractivity contribution is -0.113. The van der Waals surface area contributed by atoms with Crippen molar-refractivity contribution in [2.24, 2.45) is 17.6 Å². The molecule has 2 aliphatic rings. The van der Waals surface area contributed by atoms with E-state index in [1.54, 1.807) is 0 Å². The summed E-state index contributed by atoms with van der Waals surface area (Å²) >= 11 is 0. The van der Waals surface area contributed by atoms with Crippen molar-refractivity contribution < 1.29 is 18.0 Å². The van der Waals surface area contributed by atoms with Crippen LogP contribution in [0.1, 0.15) is 32.8 Å². The average Bonchev–Trinajstić information content (AvgIpc) is 2.63. The Labute approximate surface area is 169 Å². The highest BCUT2D eigenvalue weighted by Gasteiger charge is 2.44. The van der Waals surface area contributed by atoms with Gasteiger partial charge in [-0.15, -0.1) is 0 Å². The Kier molecular flexibility index (Phi) is 5.65. The van der Waals surface area contributed by atoms with Gasteiger partial charge < -0.3 is 10.6 Å². The van der Waals surface area contributed by atoms with E-state index in [0.717, 1.165) is 5.57 Å². The van der Waals surface area contributed by atoms with Gasteiger partial charge in [0.1, 0.15) is 0 Å². The van der Waals surface area contributed by atoms with E-state index in [2.05, 4.69) is 19.1 Å². The summed E-state index contributed by atoms with van der Waals surface area (Å²) in [5, 5.41) is 0.